The molecule has 0 spiro atoms. The Morgan fingerprint density at radius 1 is 1.45 bits per heavy atom. The fourth-order valence-electron chi connectivity index (χ4n) is 4.76. The van der Waals surface area contributed by atoms with Gasteiger partial charge in [-0.2, -0.15) is 0 Å². The van der Waals surface area contributed by atoms with Gasteiger partial charge in [0.25, 0.3) is 0 Å². The van der Waals surface area contributed by atoms with Gasteiger partial charge in [-0.15, -0.1) is 11.3 Å². The molecule has 2 aliphatic rings. The lowest BCUT2D eigenvalue weighted by atomic mass is 9.69. The molecule has 3 atom stereocenters. The summed E-state index contributed by atoms with van der Waals surface area (Å²) in [5.74, 6) is 0.781. The van der Waals surface area contributed by atoms with Crippen LogP contribution in [0.5, 0.6) is 0 Å². The molecule has 1 aromatic rings. The molecule has 1 aliphatic carbocycles. The standard InChI is InChI=1S/C17H28N2S/c1-3-14-6-4-5-9-17(14,12-18)19-10-7-16-15(13(19)2)8-11-20-16/h8,11,13-14H,3-7,9-10,12,18H2,1-2H3. The zero-order chi connectivity index (χ0) is 14.2. The summed E-state index contributed by atoms with van der Waals surface area (Å²) in [5.41, 5.74) is 8.17. The van der Waals surface area contributed by atoms with E-state index in [0.717, 1.165) is 12.5 Å². The van der Waals surface area contributed by atoms with E-state index >= 15 is 0 Å². The van der Waals surface area contributed by atoms with Gasteiger partial charge in [0.15, 0.2) is 0 Å². The van der Waals surface area contributed by atoms with Crippen LogP contribution in [0.15, 0.2) is 11.4 Å². The van der Waals surface area contributed by atoms with E-state index in [-0.39, 0.29) is 5.54 Å². The van der Waals surface area contributed by atoms with E-state index < -0.39 is 0 Å². The second-order valence-corrected chi connectivity index (χ2v) is 7.58. The first-order valence-corrected chi connectivity index (χ1v) is 9.14. The molecular formula is C17H28N2S. The van der Waals surface area contributed by atoms with Crippen molar-refractivity contribution in [2.24, 2.45) is 11.7 Å². The minimum Gasteiger partial charge on any atom is -0.329 e. The van der Waals surface area contributed by atoms with Crippen molar-refractivity contribution < 1.29 is 0 Å². The number of hydrogen-bond acceptors (Lipinski definition) is 3. The van der Waals surface area contributed by atoms with Crippen LogP contribution in [-0.2, 0) is 6.42 Å². The summed E-state index contributed by atoms with van der Waals surface area (Å²) in [4.78, 5) is 4.37. The van der Waals surface area contributed by atoms with Crippen LogP contribution in [0.2, 0.25) is 0 Å². The Balaban J connectivity index is 1.93. The van der Waals surface area contributed by atoms with E-state index in [0.29, 0.717) is 6.04 Å². The molecule has 3 heteroatoms. The van der Waals surface area contributed by atoms with E-state index in [2.05, 4.69) is 30.2 Å². The van der Waals surface area contributed by atoms with Crippen LogP contribution in [0, 0.1) is 5.92 Å². The van der Waals surface area contributed by atoms with E-state index in [1.54, 1.807) is 10.4 Å². The van der Waals surface area contributed by atoms with Crippen molar-refractivity contribution in [2.75, 3.05) is 13.1 Å². The number of hydrogen-bond donors (Lipinski definition) is 1. The summed E-state index contributed by atoms with van der Waals surface area (Å²) < 4.78 is 0. The molecular weight excluding hydrogens is 264 g/mol. The lowest BCUT2D eigenvalue weighted by molar-refractivity contribution is -0.0265. The van der Waals surface area contributed by atoms with Crippen LogP contribution < -0.4 is 5.73 Å². The minimum absolute atomic E-state index is 0.256. The molecule has 1 aromatic heterocycles. The maximum absolute atomic E-state index is 6.35. The maximum atomic E-state index is 6.35. The Kier molecular flexibility index (Phi) is 4.21. The third kappa shape index (κ3) is 2.15. The van der Waals surface area contributed by atoms with Gasteiger partial charge in [-0.3, -0.25) is 4.90 Å². The number of nitrogens with zero attached hydrogens (tertiary/aromatic N) is 1. The van der Waals surface area contributed by atoms with Gasteiger partial charge >= 0.3 is 0 Å². The first-order valence-electron chi connectivity index (χ1n) is 8.26. The third-order valence-electron chi connectivity index (χ3n) is 5.87. The van der Waals surface area contributed by atoms with Crippen molar-refractivity contribution in [1.82, 2.24) is 4.90 Å². The highest BCUT2D eigenvalue weighted by molar-refractivity contribution is 7.10. The predicted octanol–water partition coefficient (Wildman–Crippen LogP) is 3.96. The SMILES string of the molecule is CCC1CCCCC1(CN)N1CCc2sccc2C1C. The minimum atomic E-state index is 0.256. The molecule has 1 saturated carbocycles. The topological polar surface area (TPSA) is 29.3 Å². The second-order valence-electron chi connectivity index (χ2n) is 6.58. The molecule has 3 unspecified atom stereocenters. The van der Waals surface area contributed by atoms with Crippen LogP contribution >= 0.6 is 11.3 Å². The first-order chi connectivity index (χ1) is 9.73. The van der Waals surface area contributed by atoms with Gasteiger partial charge in [0, 0.05) is 29.5 Å². The summed E-state index contributed by atoms with van der Waals surface area (Å²) >= 11 is 1.93. The average molecular weight is 292 g/mol. The highest BCUT2D eigenvalue weighted by Gasteiger charge is 2.46. The summed E-state index contributed by atoms with van der Waals surface area (Å²) in [7, 11) is 0. The van der Waals surface area contributed by atoms with Gasteiger partial charge in [0.2, 0.25) is 0 Å². The van der Waals surface area contributed by atoms with Crippen molar-refractivity contribution in [3.63, 3.8) is 0 Å². The molecule has 112 valence electrons. The summed E-state index contributed by atoms with van der Waals surface area (Å²) in [6.45, 7) is 6.77. The van der Waals surface area contributed by atoms with Crippen LogP contribution in [0.4, 0.5) is 0 Å². The van der Waals surface area contributed by atoms with E-state index in [9.17, 15) is 0 Å². The van der Waals surface area contributed by atoms with E-state index in [1.165, 1.54) is 45.1 Å². The summed E-state index contributed by atoms with van der Waals surface area (Å²) in [6.07, 6.45) is 7.91. The smallest absolute Gasteiger partial charge is 0.0365 e. The van der Waals surface area contributed by atoms with Gasteiger partial charge in [-0.25, -0.2) is 0 Å². The maximum Gasteiger partial charge on any atom is 0.0365 e. The highest BCUT2D eigenvalue weighted by Crippen LogP contribution is 2.46. The summed E-state index contributed by atoms with van der Waals surface area (Å²) in [6, 6.07) is 2.88. The van der Waals surface area contributed by atoms with E-state index in [4.69, 9.17) is 5.73 Å². The fourth-order valence-corrected chi connectivity index (χ4v) is 5.72. The van der Waals surface area contributed by atoms with Gasteiger partial charge in [0.05, 0.1) is 0 Å². The Labute approximate surface area is 127 Å². The zero-order valence-electron chi connectivity index (χ0n) is 12.9. The molecule has 0 amide bonds. The van der Waals surface area contributed by atoms with Gasteiger partial charge in [-0.05, 0) is 49.1 Å². The van der Waals surface area contributed by atoms with Crippen molar-refractivity contribution in [3.05, 3.63) is 21.9 Å². The van der Waals surface area contributed by atoms with Crippen LogP contribution in [0.25, 0.3) is 0 Å². The molecule has 0 aromatic carbocycles. The fraction of sp³-hybridized carbons (Fsp3) is 0.765. The zero-order valence-corrected chi connectivity index (χ0v) is 13.7. The number of nitrogens with two attached hydrogens (primary N) is 1. The molecule has 1 fully saturated rings. The normalized spacial score (nSPS) is 35.0. The molecule has 2 heterocycles. The number of thiophene rings is 1. The first kappa shape index (κ1) is 14.6. The molecule has 2 N–H and O–H groups in total. The van der Waals surface area contributed by atoms with Crippen LogP contribution in [0.3, 0.4) is 0 Å². The van der Waals surface area contributed by atoms with Crippen molar-refractivity contribution >= 4 is 11.3 Å². The van der Waals surface area contributed by atoms with Crippen molar-refractivity contribution in [2.45, 2.75) is 64.0 Å². The van der Waals surface area contributed by atoms with Gasteiger partial charge in [0.1, 0.15) is 0 Å². The summed E-state index contributed by atoms with van der Waals surface area (Å²) in [5, 5.41) is 2.26. The molecule has 1 aliphatic heterocycles. The number of rotatable bonds is 3. The highest BCUT2D eigenvalue weighted by atomic mass is 32.1. The number of fused-ring (bicyclic) bond motifs is 1. The molecule has 0 radical (unpaired) electrons. The van der Waals surface area contributed by atoms with Crippen molar-refractivity contribution in [3.8, 4) is 0 Å². The molecule has 0 saturated heterocycles. The van der Waals surface area contributed by atoms with Gasteiger partial charge in [-0.1, -0.05) is 26.2 Å². The molecule has 0 bridgehead atoms. The van der Waals surface area contributed by atoms with Gasteiger partial charge < -0.3 is 5.73 Å². The van der Waals surface area contributed by atoms with E-state index in [1.807, 2.05) is 11.3 Å². The quantitative estimate of drug-likeness (QED) is 0.913. The predicted molar refractivity (Wildman–Crippen MR) is 87.2 cm³/mol. The molecule has 3 rings (SSSR count). The Bertz CT molecular complexity index is 456. The van der Waals surface area contributed by atoms with Crippen molar-refractivity contribution in [1.29, 1.82) is 0 Å². The Morgan fingerprint density at radius 2 is 2.30 bits per heavy atom. The monoisotopic (exact) mass is 292 g/mol. The largest absolute Gasteiger partial charge is 0.329 e. The Hall–Kier alpha value is -0.380. The van der Waals surface area contributed by atoms with Crippen LogP contribution in [-0.4, -0.2) is 23.5 Å². The second kappa shape index (κ2) is 5.78. The lowest BCUT2D eigenvalue weighted by Gasteiger charge is -2.54. The lowest BCUT2D eigenvalue weighted by Crippen LogP contribution is -2.61. The van der Waals surface area contributed by atoms with Crippen LogP contribution in [0.1, 0.15) is 62.4 Å². The Morgan fingerprint density at radius 3 is 3.05 bits per heavy atom. The third-order valence-corrected chi connectivity index (χ3v) is 6.86. The molecule has 20 heavy (non-hydrogen) atoms. The average Bonchev–Trinajstić information content (AvgIpc) is 2.97. The molecule has 2 nitrogen and oxygen atoms in total.